The van der Waals surface area contributed by atoms with Gasteiger partial charge in [0.15, 0.2) is 0 Å². The molecule has 0 aromatic carbocycles. The van der Waals surface area contributed by atoms with Crippen LogP contribution >= 0.6 is 12.6 Å². The highest BCUT2D eigenvalue weighted by Gasteiger charge is 2.18. The van der Waals surface area contributed by atoms with E-state index in [-0.39, 0.29) is 11.9 Å². The predicted octanol–water partition coefficient (Wildman–Crippen LogP) is 0.400. The van der Waals surface area contributed by atoms with Crippen LogP contribution < -0.4 is 5.73 Å². The van der Waals surface area contributed by atoms with Gasteiger partial charge in [0.05, 0.1) is 17.9 Å². The first kappa shape index (κ1) is 9.78. The first-order chi connectivity index (χ1) is 4.59. The van der Waals surface area contributed by atoms with Crippen molar-refractivity contribution in [2.75, 3.05) is 6.61 Å². The molecule has 60 valence electrons. The van der Waals surface area contributed by atoms with Gasteiger partial charge in [-0.05, 0) is 13.8 Å². The fraction of sp³-hybridized carbons (Fsp3) is 0.833. The molecule has 0 radical (unpaired) electrons. The molecular weight excluding hydrogens is 150 g/mol. The zero-order valence-corrected chi connectivity index (χ0v) is 7.10. The summed E-state index contributed by atoms with van der Waals surface area (Å²) in [5.41, 5.74) is 5.33. The van der Waals surface area contributed by atoms with E-state index < -0.39 is 5.37 Å². The van der Waals surface area contributed by atoms with E-state index in [1.165, 1.54) is 0 Å². The molecule has 0 rings (SSSR count). The number of hydrogen-bond acceptors (Lipinski definition) is 4. The van der Waals surface area contributed by atoms with Crippen LogP contribution in [0.4, 0.5) is 0 Å². The second-order valence-corrected chi connectivity index (χ2v) is 2.63. The molecule has 0 fully saturated rings. The molecule has 2 atom stereocenters. The minimum absolute atomic E-state index is 0.287. The molecule has 0 aromatic heterocycles. The number of thiol groups is 1. The summed E-state index contributed by atoms with van der Waals surface area (Å²) in [6.45, 7) is 3.84. The van der Waals surface area contributed by atoms with Crippen LogP contribution in [0.15, 0.2) is 0 Å². The van der Waals surface area contributed by atoms with Gasteiger partial charge in [0.2, 0.25) is 0 Å². The Labute approximate surface area is 66.3 Å². The minimum atomic E-state index is -0.431. The van der Waals surface area contributed by atoms with Gasteiger partial charge >= 0.3 is 5.97 Å². The molecule has 0 aliphatic heterocycles. The molecule has 0 aliphatic carbocycles. The lowest BCUT2D eigenvalue weighted by Crippen LogP contribution is -2.29. The maximum Gasteiger partial charge on any atom is 0.311 e. The van der Waals surface area contributed by atoms with Crippen LogP contribution in [0, 0.1) is 5.92 Å². The lowest BCUT2D eigenvalue weighted by atomic mass is 10.2. The summed E-state index contributed by atoms with van der Waals surface area (Å²) in [5, 5.41) is -0.431. The second-order valence-electron chi connectivity index (χ2n) is 2.03. The zero-order valence-electron chi connectivity index (χ0n) is 6.20. The summed E-state index contributed by atoms with van der Waals surface area (Å²) in [5.74, 6) is -0.617. The Morgan fingerprint density at radius 1 is 1.80 bits per heavy atom. The Morgan fingerprint density at radius 3 is 2.60 bits per heavy atom. The van der Waals surface area contributed by atoms with E-state index >= 15 is 0 Å². The molecule has 0 spiro atoms. The molecule has 0 amide bonds. The highest BCUT2D eigenvalue weighted by Crippen LogP contribution is 2.05. The van der Waals surface area contributed by atoms with Gasteiger partial charge in [-0.15, -0.1) is 0 Å². The highest BCUT2D eigenvalue weighted by atomic mass is 32.1. The Hall–Kier alpha value is -0.220. The van der Waals surface area contributed by atoms with Gasteiger partial charge in [0, 0.05) is 0 Å². The van der Waals surface area contributed by atoms with Crippen molar-refractivity contribution >= 4 is 18.6 Å². The van der Waals surface area contributed by atoms with Gasteiger partial charge < -0.3 is 10.5 Å². The monoisotopic (exact) mass is 163 g/mol. The molecule has 10 heavy (non-hydrogen) atoms. The van der Waals surface area contributed by atoms with Crippen molar-refractivity contribution in [3.8, 4) is 0 Å². The first-order valence-electron chi connectivity index (χ1n) is 3.19. The molecule has 2 N–H and O–H groups in total. The third-order valence-corrected chi connectivity index (χ3v) is 1.62. The van der Waals surface area contributed by atoms with Crippen molar-refractivity contribution in [1.82, 2.24) is 0 Å². The molecule has 0 bridgehead atoms. The van der Waals surface area contributed by atoms with Gasteiger partial charge in [-0.3, -0.25) is 4.79 Å². The molecule has 2 unspecified atom stereocenters. The maximum absolute atomic E-state index is 10.8. The van der Waals surface area contributed by atoms with Crippen LogP contribution in [0.25, 0.3) is 0 Å². The van der Waals surface area contributed by atoms with Crippen molar-refractivity contribution in [3.63, 3.8) is 0 Å². The van der Waals surface area contributed by atoms with Crippen LogP contribution in [0.2, 0.25) is 0 Å². The summed E-state index contributed by atoms with van der Waals surface area (Å²) in [6.07, 6.45) is 0. The molecule has 4 heteroatoms. The van der Waals surface area contributed by atoms with Crippen LogP contribution in [-0.4, -0.2) is 18.0 Å². The van der Waals surface area contributed by atoms with E-state index in [0.29, 0.717) is 6.61 Å². The Morgan fingerprint density at radius 2 is 2.30 bits per heavy atom. The van der Waals surface area contributed by atoms with E-state index in [2.05, 4.69) is 12.6 Å². The number of hydrogen-bond donors (Lipinski definition) is 2. The van der Waals surface area contributed by atoms with Crippen molar-refractivity contribution < 1.29 is 9.53 Å². The third kappa shape index (κ3) is 3.08. The predicted molar refractivity (Wildman–Crippen MR) is 42.8 cm³/mol. The van der Waals surface area contributed by atoms with E-state index in [9.17, 15) is 4.79 Å². The molecule has 0 heterocycles. The minimum Gasteiger partial charge on any atom is -0.466 e. The largest absolute Gasteiger partial charge is 0.466 e. The van der Waals surface area contributed by atoms with Crippen LogP contribution in [0.1, 0.15) is 13.8 Å². The summed E-state index contributed by atoms with van der Waals surface area (Å²) in [6, 6.07) is 0. The Bertz CT molecular complexity index is 116. The lowest BCUT2D eigenvalue weighted by molar-refractivity contribution is -0.147. The fourth-order valence-corrected chi connectivity index (χ4v) is 0.535. The normalized spacial score (nSPS) is 16.0. The average Bonchev–Trinajstić information content (AvgIpc) is 1.87. The van der Waals surface area contributed by atoms with E-state index in [0.717, 1.165) is 0 Å². The number of carbonyl (C=O) groups excluding carboxylic acids is 1. The van der Waals surface area contributed by atoms with Gasteiger partial charge in [-0.25, -0.2) is 0 Å². The summed E-state index contributed by atoms with van der Waals surface area (Å²) in [7, 11) is 0. The third-order valence-electron chi connectivity index (χ3n) is 1.17. The van der Waals surface area contributed by atoms with E-state index in [1.807, 2.05) is 0 Å². The molecule has 0 aromatic rings. The summed E-state index contributed by atoms with van der Waals surface area (Å²) < 4.78 is 4.70. The van der Waals surface area contributed by atoms with Crippen LogP contribution in [0.3, 0.4) is 0 Å². The van der Waals surface area contributed by atoms with Crippen LogP contribution in [0.5, 0.6) is 0 Å². The van der Waals surface area contributed by atoms with Crippen molar-refractivity contribution in [1.29, 1.82) is 0 Å². The molecular formula is C6H13NO2S. The number of nitrogens with two attached hydrogens (primary N) is 1. The molecule has 0 aliphatic rings. The highest BCUT2D eigenvalue weighted by molar-refractivity contribution is 7.80. The quantitative estimate of drug-likeness (QED) is 0.360. The standard InChI is InChI=1S/C6H13NO2S/c1-3-9-6(8)4(2)5(7)10/h4-5,10H,3,7H2,1-2H3. The zero-order chi connectivity index (χ0) is 8.15. The van der Waals surface area contributed by atoms with Crippen molar-refractivity contribution in [3.05, 3.63) is 0 Å². The van der Waals surface area contributed by atoms with E-state index in [4.69, 9.17) is 10.5 Å². The second kappa shape index (κ2) is 4.57. The smallest absolute Gasteiger partial charge is 0.311 e. The number of esters is 1. The SMILES string of the molecule is CCOC(=O)C(C)C(N)S. The number of ether oxygens (including phenoxy) is 1. The van der Waals surface area contributed by atoms with Gasteiger partial charge in [-0.1, -0.05) is 0 Å². The molecule has 3 nitrogen and oxygen atoms in total. The summed E-state index contributed by atoms with van der Waals surface area (Å²) >= 11 is 3.90. The topological polar surface area (TPSA) is 52.3 Å². The fourth-order valence-electron chi connectivity index (χ4n) is 0.413. The van der Waals surface area contributed by atoms with E-state index in [1.54, 1.807) is 13.8 Å². The average molecular weight is 163 g/mol. The van der Waals surface area contributed by atoms with Crippen LogP contribution in [-0.2, 0) is 9.53 Å². The molecule has 0 saturated heterocycles. The maximum atomic E-state index is 10.8. The van der Waals surface area contributed by atoms with Gasteiger partial charge in [0.1, 0.15) is 0 Å². The first-order valence-corrected chi connectivity index (χ1v) is 3.71. The Balaban J connectivity index is 3.71. The lowest BCUT2D eigenvalue weighted by Gasteiger charge is -2.12. The van der Waals surface area contributed by atoms with Crippen molar-refractivity contribution in [2.24, 2.45) is 11.7 Å². The van der Waals surface area contributed by atoms with Crippen molar-refractivity contribution in [2.45, 2.75) is 19.2 Å². The number of carbonyl (C=O) groups is 1. The molecule has 0 saturated carbocycles. The van der Waals surface area contributed by atoms with Gasteiger partial charge in [-0.2, -0.15) is 12.6 Å². The van der Waals surface area contributed by atoms with Gasteiger partial charge in [0.25, 0.3) is 0 Å². The Kier molecular flexibility index (Phi) is 4.47. The number of rotatable bonds is 3. The summed E-state index contributed by atoms with van der Waals surface area (Å²) in [4.78, 5) is 10.8.